The lowest BCUT2D eigenvalue weighted by Crippen LogP contribution is -2.46. The summed E-state index contributed by atoms with van der Waals surface area (Å²) in [7, 11) is 3.51. The number of nitrogens with zero attached hydrogens (tertiary/aromatic N) is 2. The van der Waals surface area contributed by atoms with E-state index in [-0.39, 0.29) is 5.91 Å². The molecule has 0 spiro atoms. The summed E-state index contributed by atoms with van der Waals surface area (Å²) in [5.41, 5.74) is 1.11. The molecule has 1 aromatic carbocycles. The molecule has 26 heavy (non-hydrogen) atoms. The summed E-state index contributed by atoms with van der Waals surface area (Å²) in [6.45, 7) is 2.71. The van der Waals surface area contributed by atoms with Gasteiger partial charge < -0.3 is 15.5 Å². The van der Waals surface area contributed by atoms with Crippen molar-refractivity contribution in [3.63, 3.8) is 0 Å². The Bertz CT molecular complexity index is 628. The fraction of sp³-hybridized carbons (Fsp3) is 0.579. The zero-order chi connectivity index (χ0) is 18.9. The Morgan fingerprint density at radius 3 is 2.65 bits per heavy atom. The molecule has 0 bridgehead atoms. The molecule has 1 saturated heterocycles. The Morgan fingerprint density at radius 2 is 2.04 bits per heavy atom. The number of carbonyl (C=O) groups excluding carboxylic acids is 1. The zero-order valence-electron chi connectivity index (χ0n) is 15.5. The zero-order valence-corrected chi connectivity index (χ0v) is 17.0. The van der Waals surface area contributed by atoms with Gasteiger partial charge in [0.1, 0.15) is 0 Å². The van der Waals surface area contributed by atoms with Crippen LogP contribution in [0.3, 0.4) is 0 Å². The number of guanidine groups is 1. The van der Waals surface area contributed by atoms with Crippen molar-refractivity contribution in [3.8, 4) is 0 Å². The van der Waals surface area contributed by atoms with Gasteiger partial charge in [-0.1, -0.05) is 29.3 Å². The van der Waals surface area contributed by atoms with E-state index in [0.29, 0.717) is 17.4 Å². The first-order valence-corrected chi connectivity index (χ1v) is 9.89. The van der Waals surface area contributed by atoms with Crippen LogP contribution in [0.4, 0.5) is 0 Å². The molecule has 5 nitrogen and oxygen atoms in total. The Morgan fingerprint density at radius 1 is 1.31 bits per heavy atom. The number of aryl methyl sites for hydroxylation is 1. The molecule has 2 N–H and O–H groups in total. The molecule has 144 valence electrons. The lowest BCUT2D eigenvalue weighted by molar-refractivity contribution is -0.121. The SMILES string of the molecule is CN=C(NCCCc1ccc(Cl)cc1Cl)N1CCC(CC(=O)NC)CC1. The molecular formula is C19H28Cl2N4O. The molecule has 1 heterocycles. The molecule has 0 atom stereocenters. The second kappa shape index (κ2) is 10.6. The van der Waals surface area contributed by atoms with Crippen LogP contribution in [0.5, 0.6) is 0 Å². The molecule has 0 radical (unpaired) electrons. The van der Waals surface area contributed by atoms with Crippen LogP contribution in [0.1, 0.15) is 31.2 Å². The first-order valence-electron chi connectivity index (χ1n) is 9.13. The summed E-state index contributed by atoms with van der Waals surface area (Å²) < 4.78 is 0. The number of rotatable bonds is 6. The van der Waals surface area contributed by atoms with Gasteiger partial charge in [-0.2, -0.15) is 0 Å². The molecule has 0 aliphatic carbocycles. The van der Waals surface area contributed by atoms with Crippen molar-refractivity contribution in [2.75, 3.05) is 33.7 Å². The van der Waals surface area contributed by atoms with Gasteiger partial charge in [0.05, 0.1) is 0 Å². The van der Waals surface area contributed by atoms with Crippen molar-refractivity contribution in [1.29, 1.82) is 0 Å². The van der Waals surface area contributed by atoms with Gasteiger partial charge in [0.15, 0.2) is 5.96 Å². The predicted octanol–water partition coefficient (Wildman–Crippen LogP) is 3.35. The van der Waals surface area contributed by atoms with Crippen LogP contribution in [-0.4, -0.2) is 50.5 Å². The van der Waals surface area contributed by atoms with Crippen LogP contribution in [-0.2, 0) is 11.2 Å². The van der Waals surface area contributed by atoms with Crippen LogP contribution in [0, 0.1) is 5.92 Å². The quantitative estimate of drug-likeness (QED) is 0.438. The molecule has 0 saturated carbocycles. The average Bonchev–Trinajstić information content (AvgIpc) is 2.64. The second-order valence-electron chi connectivity index (χ2n) is 6.62. The van der Waals surface area contributed by atoms with Crippen LogP contribution in [0.25, 0.3) is 0 Å². The van der Waals surface area contributed by atoms with E-state index in [9.17, 15) is 4.79 Å². The lowest BCUT2D eigenvalue weighted by Gasteiger charge is -2.34. The minimum Gasteiger partial charge on any atom is -0.359 e. The molecule has 1 aliphatic heterocycles. The summed E-state index contributed by atoms with van der Waals surface area (Å²) in [5, 5.41) is 7.53. The largest absolute Gasteiger partial charge is 0.359 e. The highest BCUT2D eigenvalue weighted by Crippen LogP contribution is 2.22. The number of aliphatic imine (C=N–C) groups is 1. The summed E-state index contributed by atoms with van der Waals surface area (Å²) in [6.07, 6.45) is 4.53. The molecule has 1 aromatic rings. The van der Waals surface area contributed by atoms with Crippen molar-refractivity contribution in [1.82, 2.24) is 15.5 Å². The van der Waals surface area contributed by atoms with Crippen molar-refractivity contribution in [3.05, 3.63) is 33.8 Å². The number of piperidine rings is 1. The van der Waals surface area contributed by atoms with Crippen LogP contribution >= 0.6 is 23.2 Å². The smallest absolute Gasteiger partial charge is 0.220 e. The summed E-state index contributed by atoms with van der Waals surface area (Å²) >= 11 is 12.1. The van der Waals surface area contributed by atoms with Gasteiger partial charge >= 0.3 is 0 Å². The number of halogens is 2. The van der Waals surface area contributed by atoms with E-state index < -0.39 is 0 Å². The summed E-state index contributed by atoms with van der Waals surface area (Å²) in [4.78, 5) is 18.2. The Kier molecular flexibility index (Phi) is 8.52. The van der Waals surface area contributed by atoms with Crippen molar-refractivity contribution in [2.24, 2.45) is 10.9 Å². The Balaban J connectivity index is 1.72. The Labute approximate surface area is 166 Å². The minimum atomic E-state index is 0.131. The molecule has 2 rings (SSSR count). The van der Waals surface area contributed by atoms with Crippen molar-refractivity contribution >= 4 is 35.1 Å². The van der Waals surface area contributed by atoms with E-state index in [1.165, 1.54) is 0 Å². The van der Waals surface area contributed by atoms with Crippen LogP contribution < -0.4 is 10.6 Å². The highest BCUT2D eigenvalue weighted by atomic mass is 35.5. The molecule has 1 fully saturated rings. The topological polar surface area (TPSA) is 56.7 Å². The standard InChI is InChI=1S/C19H28Cl2N4O/c1-22-18(26)12-14-7-10-25(11-8-14)19(23-2)24-9-3-4-15-5-6-16(20)13-17(15)21/h5-6,13-14H,3-4,7-12H2,1-2H3,(H,22,26)(H,23,24). The number of hydrogen-bond donors (Lipinski definition) is 2. The van der Waals surface area contributed by atoms with Gasteiger partial charge in [0, 0.05) is 50.2 Å². The number of likely N-dealkylation sites (tertiary alicyclic amines) is 1. The summed E-state index contributed by atoms with van der Waals surface area (Å²) in [5.74, 6) is 1.54. The molecule has 1 amide bonds. The first-order chi connectivity index (χ1) is 12.5. The third-order valence-corrected chi connectivity index (χ3v) is 5.39. The number of benzene rings is 1. The highest BCUT2D eigenvalue weighted by molar-refractivity contribution is 6.35. The lowest BCUT2D eigenvalue weighted by atomic mass is 9.93. The van der Waals surface area contributed by atoms with Gasteiger partial charge in [0.2, 0.25) is 5.91 Å². The maximum Gasteiger partial charge on any atom is 0.220 e. The maximum absolute atomic E-state index is 11.5. The molecule has 1 aliphatic rings. The van der Waals surface area contributed by atoms with Crippen LogP contribution in [0.15, 0.2) is 23.2 Å². The minimum absolute atomic E-state index is 0.131. The fourth-order valence-corrected chi connectivity index (χ4v) is 3.75. The molecule has 0 unspecified atom stereocenters. The van der Waals surface area contributed by atoms with Gasteiger partial charge in [-0.3, -0.25) is 9.79 Å². The normalized spacial score (nSPS) is 15.8. The van der Waals surface area contributed by atoms with E-state index in [1.807, 2.05) is 19.2 Å². The fourth-order valence-electron chi connectivity index (χ4n) is 3.25. The number of carbonyl (C=O) groups is 1. The maximum atomic E-state index is 11.5. The van der Waals surface area contributed by atoms with Gasteiger partial charge in [0.25, 0.3) is 0 Å². The van der Waals surface area contributed by atoms with E-state index in [4.69, 9.17) is 23.2 Å². The molecule has 0 aromatic heterocycles. The van der Waals surface area contributed by atoms with E-state index in [2.05, 4.69) is 20.5 Å². The third kappa shape index (κ3) is 6.36. The van der Waals surface area contributed by atoms with E-state index >= 15 is 0 Å². The van der Waals surface area contributed by atoms with Crippen LogP contribution in [0.2, 0.25) is 10.0 Å². The van der Waals surface area contributed by atoms with Gasteiger partial charge in [-0.05, 0) is 49.3 Å². The summed E-state index contributed by atoms with van der Waals surface area (Å²) in [6, 6.07) is 5.64. The van der Waals surface area contributed by atoms with Gasteiger partial charge in [-0.25, -0.2) is 0 Å². The number of nitrogens with one attached hydrogen (secondary N) is 2. The second-order valence-corrected chi connectivity index (χ2v) is 7.46. The van der Waals surface area contributed by atoms with E-state index in [0.717, 1.165) is 61.9 Å². The van der Waals surface area contributed by atoms with Gasteiger partial charge in [-0.15, -0.1) is 0 Å². The molecule has 7 heteroatoms. The first kappa shape index (κ1) is 20.8. The molecular weight excluding hydrogens is 371 g/mol. The number of hydrogen-bond acceptors (Lipinski definition) is 2. The Hall–Kier alpha value is -1.46. The van der Waals surface area contributed by atoms with E-state index in [1.54, 1.807) is 13.1 Å². The highest BCUT2D eigenvalue weighted by Gasteiger charge is 2.22. The average molecular weight is 399 g/mol. The van der Waals surface area contributed by atoms with Crippen molar-refractivity contribution in [2.45, 2.75) is 32.1 Å². The third-order valence-electron chi connectivity index (χ3n) is 4.80. The number of amides is 1. The van der Waals surface area contributed by atoms with Crippen molar-refractivity contribution < 1.29 is 4.79 Å². The predicted molar refractivity (Wildman–Crippen MR) is 109 cm³/mol. The monoisotopic (exact) mass is 398 g/mol.